The summed E-state index contributed by atoms with van der Waals surface area (Å²) in [6, 6.07) is 14.9. The lowest BCUT2D eigenvalue weighted by Crippen LogP contribution is -2.45. The molecule has 7 rings (SSSR count). The molecule has 5 aromatic rings. The number of aromatic amines is 1. The van der Waals surface area contributed by atoms with Crippen LogP contribution in [-0.4, -0.2) is 92.3 Å². The van der Waals surface area contributed by atoms with Crippen LogP contribution in [-0.2, 0) is 33.8 Å². The maximum Gasteiger partial charge on any atom is 0.276 e. The zero-order chi connectivity index (χ0) is 35.3. The third-order valence-electron chi connectivity index (χ3n) is 9.42. The predicted octanol–water partition coefficient (Wildman–Crippen LogP) is 2.93. The summed E-state index contributed by atoms with van der Waals surface area (Å²) in [5.41, 5.74) is 4.59. The van der Waals surface area contributed by atoms with E-state index in [1.807, 2.05) is 54.7 Å². The van der Waals surface area contributed by atoms with Crippen molar-refractivity contribution in [1.82, 2.24) is 40.0 Å². The number of hydrogen-bond acceptors (Lipinski definition) is 8. The quantitative estimate of drug-likeness (QED) is 0.259. The monoisotopic (exact) mass is 692 g/mol. The summed E-state index contributed by atoms with van der Waals surface area (Å²) >= 11 is 0. The number of amides is 4. The number of carbonyl (C=O) groups is 4. The molecule has 1 unspecified atom stereocenters. The summed E-state index contributed by atoms with van der Waals surface area (Å²) in [6.07, 6.45) is 6.54. The van der Waals surface area contributed by atoms with Crippen LogP contribution in [0.4, 0.5) is 0 Å². The Labute approximate surface area is 294 Å². The first-order chi connectivity index (χ1) is 24.9. The van der Waals surface area contributed by atoms with Crippen LogP contribution >= 0.6 is 0 Å². The Bertz CT molecular complexity index is 2060. The van der Waals surface area contributed by atoms with Gasteiger partial charge in [-0.05, 0) is 49.1 Å². The highest BCUT2D eigenvalue weighted by Gasteiger charge is 2.37. The van der Waals surface area contributed by atoms with Gasteiger partial charge < -0.3 is 39.1 Å². The van der Waals surface area contributed by atoms with E-state index in [4.69, 9.17) is 14.1 Å². The smallest absolute Gasteiger partial charge is 0.276 e. The van der Waals surface area contributed by atoms with Gasteiger partial charge >= 0.3 is 0 Å². The number of benzene rings is 2. The summed E-state index contributed by atoms with van der Waals surface area (Å²) in [6.45, 7) is 3.00. The summed E-state index contributed by atoms with van der Waals surface area (Å²) in [5.74, 6) is 0.0375. The van der Waals surface area contributed by atoms with Crippen LogP contribution in [0, 0.1) is 6.92 Å². The lowest BCUT2D eigenvalue weighted by atomic mass is 9.94. The van der Waals surface area contributed by atoms with Crippen molar-refractivity contribution < 1.29 is 28.3 Å². The highest BCUT2D eigenvalue weighted by molar-refractivity contribution is 5.94. The molecule has 51 heavy (non-hydrogen) atoms. The van der Waals surface area contributed by atoms with Gasteiger partial charge in [0.15, 0.2) is 12.1 Å². The molecule has 0 saturated heterocycles. The molecule has 14 nitrogen and oxygen atoms in total. The maximum atomic E-state index is 13.8. The SMILES string of the molecule is Cc1ocnc1C(=O)N1CCc2c3ncn2CC(=O)NCCN(C(=O)CCc2c[nH]c4ccccc24)CC(=O)NCCCOc2cccc(c2)C31. The molecule has 264 valence electrons. The molecular formula is C37H40N8O6. The van der Waals surface area contributed by atoms with Gasteiger partial charge in [-0.1, -0.05) is 30.3 Å². The zero-order valence-corrected chi connectivity index (χ0v) is 28.4. The number of H-pyrrole nitrogens is 1. The fourth-order valence-corrected chi connectivity index (χ4v) is 6.83. The first-order valence-corrected chi connectivity index (χ1v) is 17.2. The number of hydrogen-bond donors (Lipinski definition) is 3. The first-order valence-electron chi connectivity index (χ1n) is 17.2. The average molecular weight is 693 g/mol. The molecule has 0 fully saturated rings. The summed E-state index contributed by atoms with van der Waals surface area (Å²) in [7, 11) is 0. The molecule has 3 N–H and O–H groups in total. The number of aromatic nitrogens is 4. The predicted molar refractivity (Wildman–Crippen MR) is 186 cm³/mol. The molecule has 6 bridgehead atoms. The highest BCUT2D eigenvalue weighted by atomic mass is 16.5. The number of para-hydroxylation sites is 1. The van der Waals surface area contributed by atoms with E-state index in [0.29, 0.717) is 56.2 Å². The minimum atomic E-state index is -0.557. The van der Waals surface area contributed by atoms with Crippen molar-refractivity contribution in [3.8, 4) is 5.75 Å². The molecule has 2 aliphatic heterocycles. The number of aryl methyl sites for hydroxylation is 2. The first kappa shape index (κ1) is 33.6. The van der Waals surface area contributed by atoms with Gasteiger partial charge in [0, 0.05) is 61.8 Å². The van der Waals surface area contributed by atoms with Crippen molar-refractivity contribution in [2.24, 2.45) is 0 Å². The van der Waals surface area contributed by atoms with Crippen LogP contribution in [0.1, 0.15) is 57.6 Å². The van der Waals surface area contributed by atoms with Gasteiger partial charge in [-0.3, -0.25) is 19.2 Å². The third-order valence-corrected chi connectivity index (χ3v) is 9.42. The topological polar surface area (TPSA) is 168 Å². The molecule has 0 radical (unpaired) electrons. The second kappa shape index (κ2) is 14.9. The van der Waals surface area contributed by atoms with Gasteiger partial charge in [0.2, 0.25) is 17.7 Å². The van der Waals surface area contributed by atoms with Gasteiger partial charge in [-0.25, -0.2) is 9.97 Å². The van der Waals surface area contributed by atoms with E-state index in [1.165, 1.54) is 11.3 Å². The van der Waals surface area contributed by atoms with Crippen molar-refractivity contribution in [1.29, 1.82) is 0 Å². The van der Waals surface area contributed by atoms with E-state index in [2.05, 4.69) is 20.6 Å². The number of oxazole rings is 1. The lowest BCUT2D eigenvalue weighted by Gasteiger charge is -2.35. The fourth-order valence-electron chi connectivity index (χ4n) is 6.83. The van der Waals surface area contributed by atoms with Crippen molar-refractivity contribution in [2.75, 3.05) is 39.3 Å². The van der Waals surface area contributed by atoms with E-state index < -0.39 is 6.04 Å². The number of rotatable bonds is 4. The van der Waals surface area contributed by atoms with E-state index in [0.717, 1.165) is 27.7 Å². The minimum Gasteiger partial charge on any atom is -0.494 e. The Morgan fingerprint density at radius 1 is 0.980 bits per heavy atom. The number of nitrogens with zero attached hydrogens (tertiary/aromatic N) is 5. The third kappa shape index (κ3) is 7.35. The molecule has 0 aliphatic carbocycles. The van der Waals surface area contributed by atoms with Gasteiger partial charge in [0.1, 0.15) is 24.1 Å². The zero-order valence-electron chi connectivity index (χ0n) is 28.4. The van der Waals surface area contributed by atoms with Crippen molar-refractivity contribution in [3.05, 3.63) is 101 Å². The minimum absolute atomic E-state index is 0.00351. The van der Waals surface area contributed by atoms with Crippen LogP contribution in [0.2, 0.25) is 0 Å². The van der Waals surface area contributed by atoms with Crippen LogP contribution in [0.25, 0.3) is 10.9 Å². The fraction of sp³-hybridized carbons (Fsp3) is 0.351. The van der Waals surface area contributed by atoms with Crippen LogP contribution in [0.5, 0.6) is 5.75 Å². The van der Waals surface area contributed by atoms with Gasteiger partial charge in [-0.15, -0.1) is 0 Å². The summed E-state index contributed by atoms with van der Waals surface area (Å²) in [4.78, 5) is 68.9. The Morgan fingerprint density at radius 3 is 2.69 bits per heavy atom. The highest BCUT2D eigenvalue weighted by Crippen LogP contribution is 2.37. The van der Waals surface area contributed by atoms with E-state index >= 15 is 0 Å². The molecule has 3 aromatic heterocycles. The molecule has 1 atom stereocenters. The van der Waals surface area contributed by atoms with E-state index in [9.17, 15) is 19.2 Å². The Hall–Kier alpha value is -5.92. The van der Waals surface area contributed by atoms with Crippen LogP contribution < -0.4 is 15.4 Å². The molecule has 2 aliphatic rings. The van der Waals surface area contributed by atoms with Crippen molar-refractivity contribution in [2.45, 2.75) is 45.2 Å². The number of imidazole rings is 1. The van der Waals surface area contributed by atoms with Crippen LogP contribution in [0.15, 0.2) is 71.9 Å². The number of ether oxygens (including phenoxy) is 1. The molecule has 5 heterocycles. The summed E-state index contributed by atoms with van der Waals surface area (Å²) < 4.78 is 13.2. The van der Waals surface area contributed by atoms with E-state index in [-0.39, 0.29) is 61.9 Å². The maximum absolute atomic E-state index is 13.8. The van der Waals surface area contributed by atoms with Gasteiger partial charge in [0.25, 0.3) is 5.91 Å². The largest absolute Gasteiger partial charge is 0.494 e. The normalized spacial score (nSPS) is 17.4. The van der Waals surface area contributed by atoms with Crippen molar-refractivity contribution in [3.63, 3.8) is 0 Å². The molecule has 0 spiro atoms. The number of nitrogens with one attached hydrogen (secondary N) is 3. The Kier molecular flexibility index (Phi) is 9.81. The molecule has 2 aromatic carbocycles. The standard InChI is InChI=1S/C37H40N8O6/c1-24-34(42-23-51-24)37(49)45-15-12-30-35-36(45)25-6-4-7-27(18-25)50-17-5-13-38-31(46)20-43(16-14-39-32(47)21-44(30)22-41-35)33(48)11-10-26-19-40-29-9-3-2-8-28(26)29/h2-4,6-9,18-19,22-23,36,40H,5,10-17,20-21H2,1H3,(H,38,46)(H,39,47). The van der Waals surface area contributed by atoms with Crippen molar-refractivity contribution >= 4 is 34.5 Å². The Morgan fingerprint density at radius 2 is 1.82 bits per heavy atom. The molecule has 14 heteroatoms. The van der Waals surface area contributed by atoms with Gasteiger partial charge in [0.05, 0.1) is 25.2 Å². The summed E-state index contributed by atoms with van der Waals surface area (Å²) in [5, 5.41) is 6.87. The average Bonchev–Trinajstić information content (AvgIpc) is 3.87. The van der Waals surface area contributed by atoms with Crippen LogP contribution in [0.3, 0.4) is 0 Å². The van der Waals surface area contributed by atoms with Gasteiger partial charge in [-0.2, -0.15) is 0 Å². The number of fused-ring (bicyclic) bond motifs is 4. The molecule has 0 saturated carbocycles. The second-order valence-electron chi connectivity index (χ2n) is 12.8. The van der Waals surface area contributed by atoms with E-state index in [1.54, 1.807) is 22.7 Å². The number of carbonyl (C=O) groups excluding carboxylic acids is 4. The lowest BCUT2D eigenvalue weighted by molar-refractivity contribution is -0.136. The second-order valence-corrected chi connectivity index (χ2v) is 12.8. The molecular weight excluding hydrogens is 652 g/mol. The molecule has 4 amide bonds. The Balaban J connectivity index is 1.10.